The number of amides is 1. The van der Waals surface area contributed by atoms with E-state index in [1.807, 2.05) is 24.3 Å². The number of ether oxygens (including phenoxy) is 1. The van der Waals surface area contributed by atoms with Gasteiger partial charge in [0.15, 0.2) is 0 Å². The van der Waals surface area contributed by atoms with Crippen molar-refractivity contribution in [3.05, 3.63) is 80.5 Å². The van der Waals surface area contributed by atoms with Crippen LogP contribution in [-0.4, -0.2) is 51.5 Å². The Kier molecular flexibility index (Phi) is 6.96. The third kappa shape index (κ3) is 4.37. The van der Waals surface area contributed by atoms with Crippen molar-refractivity contribution in [1.82, 2.24) is 14.6 Å². The number of rotatable bonds is 7. The molecule has 2 N–H and O–H groups in total. The number of methoxy groups -OCH3 is 1. The van der Waals surface area contributed by atoms with Gasteiger partial charge in [-0.2, -0.15) is 5.10 Å². The van der Waals surface area contributed by atoms with Crippen LogP contribution < -0.4 is 20.9 Å². The summed E-state index contributed by atoms with van der Waals surface area (Å²) in [5.41, 5.74) is 0.578. The van der Waals surface area contributed by atoms with E-state index in [1.54, 1.807) is 24.3 Å². The van der Waals surface area contributed by atoms with E-state index in [9.17, 15) is 19.5 Å². The smallest absolute Gasteiger partial charge is 0.335 e. The van der Waals surface area contributed by atoms with Crippen molar-refractivity contribution in [1.29, 1.82) is 0 Å². The maximum Gasteiger partial charge on any atom is 0.335 e. The van der Waals surface area contributed by atoms with E-state index < -0.39 is 23.2 Å². The number of hydrogen-bond acceptors (Lipinski definition) is 7. The summed E-state index contributed by atoms with van der Waals surface area (Å²) >= 11 is 0. The number of aromatic hydroxyl groups is 1. The van der Waals surface area contributed by atoms with Gasteiger partial charge in [-0.3, -0.25) is 14.6 Å². The topological polar surface area (TPSA) is 120 Å². The molecule has 2 heterocycles. The Balaban J connectivity index is 1.77. The Morgan fingerprint density at radius 3 is 2.42 bits per heavy atom. The van der Waals surface area contributed by atoms with Crippen LogP contribution in [0.3, 0.4) is 0 Å². The summed E-state index contributed by atoms with van der Waals surface area (Å²) in [6, 6.07) is 14.0. The van der Waals surface area contributed by atoms with Crippen molar-refractivity contribution in [3.63, 3.8) is 0 Å². The highest BCUT2D eigenvalue weighted by atomic mass is 16.5. The molecule has 188 valence electrons. The molecule has 0 spiro atoms. The second kappa shape index (κ2) is 10.1. The summed E-state index contributed by atoms with van der Waals surface area (Å²) in [5.74, 6) is -0.553. The van der Waals surface area contributed by atoms with Crippen LogP contribution in [0.15, 0.2) is 63.2 Å². The lowest BCUT2D eigenvalue weighted by Gasteiger charge is -2.23. The van der Waals surface area contributed by atoms with Gasteiger partial charge < -0.3 is 14.7 Å². The third-order valence-corrected chi connectivity index (χ3v) is 6.34. The molecule has 1 aliphatic heterocycles. The van der Waals surface area contributed by atoms with Gasteiger partial charge in [0, 0.05) is 32.1 Å². The van der Waals surface area contributed by atoms with E-state index in [-0.39, 0.29) is 29.3 Å². The number of hydrogen-bond donors (Lipinski definition) is 2. The zero-order valence-electron chi connectivity index (χ0n) is 20.7. The molecule has 0 fully saturated rings. The number of para-hydroxylation sites is 2. The van der Waals surface area contributed by atoms with Crippen LogP contribution in [-0.2, 0) is 4.79 Å². The van der Waals surface area contributed by atoms with Gasteiger partial charge in [0.05, 0.1) is 24.6 Å². The Labute approximate surface area is 208 Å². The zero-order valence-corrected chi connectivity index (χ0v) is 20.7. The summed E-state index contributed by atoms with van der Waals surface area (Å²) in [7, 11) is 1.44. The number of anilines is 1. The Morgan fingerprint density at radius 1 is 1.14 bits per heavy atom. The number of nitrogens with one attached hydrogen (secondary N) is 1. The van der Waals surface area contributed by atoms with Crippen LogP contribution in [0, 0.1) is 0 Å². The lowest BCUT2D eigenvalue weighted by Crippen LogP contribution is -2.33. The highest BCUT2D eigenvalue weighted by Gasteiger charge is 2.34. The predicted octanol–water partition coefficient (Wildman–Crippen LogP) is 2.78. The van der Waals surface area contributed by atoms with E-state index in [2.05, 4.69) is 28.8 Å². The molecule has 4 rings (SSSR count). The number of aromatic nitrogens is 2. The minimum atomic E-state index is -0.823. The molecule has 0 saturated carbocycles. The van der Waals surface area contributed by atoms with Crippen LogP contribution in [0.1, 0.15) is 44.4 Å². The van der Waals surface area contributed by atoms with E-state index in [4.69, 9.17) is 4.74 Å². The number of carbonyl (C=O) groups excluding carboxylic acids is 1. The molecule has 1 atom stereocenters. The molecule has 0 bridgehead atoms. The molecular weight excluding hydrogens is 462 g/mol. The average Bonchev–Trinajstić information content (AvgIpc) is 3.30. The van der Waals surface area contributed by atoms with Crippen LogP contribution >= 0.6 is 0 Å². The number of H-pyrrole nitrogens is 1. The van der Waals surface area contributed by atoms with Crippen molar-refractivity contribution in [3.8, 4) is 17.3 Å². The van der Waals surface area contributed by atoms with Crippen molar-refractivity contribution >= 4 is 17.3 Å². The molecule has 1 aromatic heterocycles. The minimum Gasteiger partial charge on any atom is -0.495 e. The molecule has 1 amide bonds. The first-order valence-electron chi connectivity index (χ1n) is 11.7. The van der Waals surface area contributed by atoms with Gasteiger partial charge in [-0.25, -0.2) is 14.4 Å². The number of benzene rings is 2. The standard InChI is InChI=1S/C26H29N5O5/c1-5-29(6-2)18-13-11-17(12-14-18)21-15-19(28-31(21)16(3)32)23-24(33)27-26(35)30(25(23)34)20-9-7-8-10-22(20)36-4/h7-14,21,34H,5-6,15H2,1-4H3,(H,27,33,35)/t21-/m0/s1. The van der Waals surface area contributed by atoms with Crippen molar-refractivity contribution in [2.45, 2.75) is 33.2 Å². The molecule has 3 aromatic rings. The summed E-state index contributed by atoms with van der Waals surface area (Å²) in [5, 5.41) is 16.8. The zero-order chi connectivity index (χ0) is 26.0. The maximum absolute atomic E-state index is 12.8. The van der Waals surface area contributed by atoms with Crippen molar-refractivity contribution in [2.24, 2.45) is 5.10 Å². The first kappa shape index (κ1) is 24.8. The number of nitrogens with zero attached hydrogens (tertiary/aromatic N) is 4. The van der Waals surface area contributed by atoms with Gasteiger partial charge in [0.1, 0.15) is 11.3 Å². The van der Waals surface area contributed by atoms with Crippen LogP contribution in [0.2, 0.25) is 0 Å². The summed E-state index contributed by atoms with van der Waals surface area (Å²) < 4.78 is 6.28. The van der Waals surface area contributed by atoms with Gasteiger partial charge in [-0.15, -0.1) is 0 Å². The molecular formula is C26H29N5O5. The molecule has 0 saturated heterocycles. The van der Waals surface area contributed by atoms with Gasteiger partial charge in [0.25, 0.3) is 5.56 Å². The fraction of sp³-hybridized carbons (Fsp3) is 0.308. The first-order valence-corrected chi connectivity index (χ1v) is 11.7. The normalized spacial score (nSPS) is 15.1. The molecule has 10 heteroatoms. The number of carbonyl (C=O) groups is 1. The SMILES string of the molecule is CCN(CC)c1ccc([C@@H]2CC(c3c(O)n(-c4ccccc4OC)c(=O)[nH]c3=O)=NN2C(C)=O)cc1. The fourth-order valence-corrected chi connectivity index (χ4v) is 4.53. The Bertz CT molecular complexity index is 1420. The molecule has 0 aliphatic carbocycles. The minimum absolute atomic E-state index is 0.172. The molecule has 10 nitrogen and oxygen atoms in total. The fourth-order valence-electron chi connectivity index (χ4n) is 4.53. The second-order valence-corrected chi connectivity index (χ2v) is 8.36. The monoisotopic (exact) mass is 491 g/mol. The van der Waals surface area contributed by atoms with Gasteiger partial charge in [-0.1, -0.05) is 24.3 Å². The molecule has 1 aliphatic rings. The lowest BCUT2D eigenvalue weighted by atomic mass is 9.98. The highest BCUT2D eigenvalue weighted by molar-refractivity contribution is 6.04. The molecule has 0 radical (unpaired) electrons. The van der Waals surface area contributed by atoms with Crippen LogP contribution in [0.4, 0.5) is 5.69 Å². The van der Waals surface area contributed by atoms with Gasteiger partial charge in [-0.05, 0) is 43.7 Å². The molecule has 2 aromatic carbocycles. The van der Waals surface area contributed by atoms with Crippen LogP contribution in [0.25, 0.3) is 5.69 Å². The number of hydrazone groups is 1. The summed E-state index contributed by atoms with van der Waals surface area (Å²) in [4.78, 5) is 42.4. The van der Waals surface area contributed by atoms with E-state index in [0.717, 1.165) is 28.9 Å². The maximum atomic E-state index is 12.8. The van der Waals surface area contributed by atoms with Crippen LogP contribution in [0.5, 0.6) is 11.6 Å². The van der Waals surface area contributed by atoms with E-state index in [1.165, 1.54) is 19.0 Å². The largest absolute Gasteiger partial charge is 0.495 e. The van der Waals surface area contributed by atoms with E-state index >= 15 is 0 Å². The van der Waals surface area contributed by atoms with Crippen molar-refractivity contribution < 1.29 is 14.6 Å². The lowest BCUT2D eigenvalue weighted by molar-refractivity contribution is -0.130. The number of aromatic amines is 1. The highest BCUT2D eigenvalue weighted by Crippen LogP contribution is 2.35. The average molecular weight is 492 g/mol. The second-order valence-electron chi connectivity index (χ2n) is 8.36. The van der Waals surface area contributed by atoms with Gasteiger partial charge >= 0.3 is 5.69 Å². The van der Waals surface area contributed by atoms with Crippen molar-refractivity contribution in [2.75, 3.05) is 25.1 Å². The Hall–Kier alpha value is -4.34. The first-order chi connectivity index (χ1) is 17.3. The van der Waals surface area contributed by atoms with Gasteiger partial charge in [0.2, 0.25) is 11.8 Å². The summed E-state index contributed by atoms with van der Waals surface area (Å²) in [6.07, 6.45) is 0.185. The Morgan fingerprint density at radius 2 is 1.81 bits per heavy atom. The quantitative estimate of drug-likeness (QED) is 0.524. The molecule has 0 unspecified atom stereocenters. The predicted molar refractivity (Wildman–Crippen MR) is 137 cm³/mol. The molecule has 36 heavy (non-hydrogen) atoms. The van der Waals surface area contributed by atoms with E-state index in [0.29, 0.717) is 5.75 Å². The summed E-state index contributed by atoms with van der Waals surface area (Å²) in [6.45, 7) is 7.30. The third-order valence-electron chi connectivity index (χ3n) is 6.34.